The molecule has 0 spiro atoms. The number of benzene rings is 2. The summed E-state index contributed by atoms with van der Waals surface area (Å²) in [5.74, 6) is 1.33. The van der Waals surface area contributed by atoms with Crippen LogP contribution in [0.4, 0.5) is 0 Å². The fourth-order valence-electron chi connectivity index (χ4n) is 2.26. The molecule has 1 atom stereocenters. The number of aromatic nitrogens is 3. The predicted octanol–water partition coefficient (Wildman–Crippen LogP) is 1.24. The molecule has 1 N–H and O–H groups in total. The van der Waals surface area contributed by atoms with E-state index in [2.05, 4.69) is 10.3 Å². The zero-order chi connectivity index (χ0) is 16.9. The van der Waals surface area contributed by atoms with Crippen LogP contribution in [-0.4, -0.2) is 39.9 Å². The molecule has 3 rings (SSSR count). The van der Waals surface area contributed by atoms with Crippen molar-refractivity contribution in [1.29, 1.82) is 0 Å². The molecule has 1 heterocycles. The number of methoxy groups -OCH3 is 1. The van der Waals surface area contributed by atoms with Crippen LogP contribution < -0.4 is 15.0 Å². The van der Waals surface area contributed by atoms with Crippen LogP contribution >= 0.6 is 0 Å². The standard InChI is InChI=1S/C17H17N3O4/c1-23-13-6-8-14(9-7-13)24-11-12(21)10-20-17(22)15-4-2-3-5-16(15)18-19-20/h2-9,12,21H,10-11H2,1H3. The number of hydrogen-bond donors (Lipinski definition) is 1. The number of hydrogen-bond acceptors (Lipinski definition) is 6. The van der Waals surface area contributed by atoms with Crippen LogP contribution in [0.5, 0.6) is 11.5 Å². The van der Waals surface area contributed by atoms with Gasteiger partial charge in [0.15, 0.2) is 0 Å². The summed E-state index contributed by atoms with van der Waals surface area (Å²) >= 11 is 0. The first kappa shape index (κ1) is 15.9. The van der Waals surface area contributed by atoms with Crippen molar-refractivity contribution in [1.82, 2.24) is 15.0 Å². The van der Waals surface area contributed by atoms with E-state index in [0.717, 1.165) is 10.4 Å². The number of ether oxygens (including phenoxy) is 2. The van der Waals surface area contributed by atoms with Gasteiger partial charge in [-0.25, -0.2) is 4.68 Å². The Labute approximate surface area is 138 Å². The van der Waals surface area contributed by atoms with E-state index >= 15 is 0 Å². The molecule has 1 unspecified atom stereocenters. The average molecular weight is 327 g/mol. The minimum absolute atomic E-state index is 0.00677. The first-order valence-electron chi connectivity index (χ1n) is 7.45. The van der Waals surface area contributed by atoms with E-state index in [1.807, 2.05) is 0 Å². The molecule has 0 fully saturated rings. The molecule has 7 nitrogen and oxygen atoms in total. The maximum absolute atomic E-state index is 12.3. The van der Waals surface area contributed by atoms with Crippen molar-refractivity contribution in [3.05, 3.63) is 58.9 Å². The Balaban J connectivity index is 1.65. The SMILES string of the molecule is COc1ccc(OCC(O)Cn2nnc3ccccc3c2=O)cc1. The topological polar surface area (TPSA) is 86.5 Å². The van der Waals surface area contributed by atoms with Crippen LogP contribution in [0.1, 0.15) is 0 Å². The molecule has 7 heteroatoms. The molecular weight excluding hydrogens is 310 g/mol. The van der Waals surface area contributed by atoms with Gasteiger partial charge in [0.25, 0.3) is 5.56 Å². The Morgan fingerprint density at radius 3 is 2.58 bits per heavy atom. The van der Waals surface area contributed by atoms with Gasteiger partial charge in [-0.1, -0.05) is 17.3 Å². The number of aliphatic hydroxyl groups excluding tert-OH is 1. The molecule has 3 aromatic rings. The summed E-state index contributed by atoms with van der Waals surface area (Å²) in [4.78, 5) is 12.3. The van der Waals surface area contributed by atoms with Crippen molar-refractivity contribution < 1.29 is 14.6 Å². The molecule has 2 aromatic carbocycles. The van der Waals surface area contributed by atoms with E-state index in [9.17, 15) is 9.90 Å². The highest BCUT2D eigenvalue weighted by atomic mass is 16.5. The van der Waals surface area contributed by atoms with E-state index in [1.54, 1.807) is 55.6 Å². The second kappa shape index (κ2) is 7.10. The van der Waals surface area contributed by atoms with Gasteiger partial charge in [0, 0.05) is 0 Å². The molecule has 0 saturated carbocycles. The summed E-state index contributed by atoms with van der Waals surface area (Å²) in [6, 6.07) is 14.0. The molecule has 24 heavy (non-hydrogen) atoms. The third-order valence-electron chi connectivity index (χ3n) is 3.51. The Hall–Kier alpha value is -2.93. The zero-order valence-electron chi connectivity index (χ0n) is 13.1. The largest absolute Gasteiger partial charge is 0.497 e. The molecular formula is C17H17N3O4. The van der Waals surface area contributed by atoms with Crippen molar-refractivity contribution in [2.75, 3.05) is 13.7 Å². The lowest BCUT2D eigenvalue weighted by Gasteiger charge is -2.13. The van der Waals surface area contributed by atoms with Gasteiger partial charge in [-0.15, -0.1) is 5.10 Å². The van der Waals surface area contributed by atoms with Crippen molar-refractivity contribution in [3.8, 4) is 11.5 Å². The first-order chi connectivity index (χ1) is 11.7. The van der Waals surface area contributed by atoms with Crippen molar-refractivity contribution in [3.63, 3.8) is 0 Å². The van der Waals surface area contributed by atoms with Crippen LogP contribution in [-0.2, 0) is 6.54 Å². The van der Waals surface area contributed by atoms with Gasteiger partial charge in [-0.2, -0.15) is 0 Å². The smallest absolute Gasteiger partial charge is 0.277 e. The third-order valence-corrected chi connectivity index (χ3v) is 3.51. The number of fused-ring (bicyclic) bond motifs is 1. The monoisotopic (exact) mass is 327 g/mol. The van der Waals surface area contributed by atoms with E-state index in [1.165, 1.54) is 0 Å². The molecule has 0 bridgehead atoms. The van der Waals surface area contributed by atoms with Crippen molar-refractivity contribution >= 4 is 10.9 Å². The Kier molecular flexibility index (Phi) is 4.72. The van der Waals surface area contributed by atoms with E-state index in [0.29, 0.717) is 16.7 Å². The summed E-state index contributed by atoms with van der Waals surface area (Å²) in [7, 11) is 1.59. The highest BCUT2D eigenvalue weighted by Gasteiger charge is 2.11. The van der Waals surface area contributed by atoms with Gasteiger partial charge in [-0.05, 0) is 36.4 Å². The van der Waals surface area contributed by atoms with Crippen LogP contribution in [0.15, 0.2) is 53.3 Å². The van der Waals surface area contributed by atoms with Gasteiger partial charge < -0.3 is 14.6 Å². The van der Waals surface area contributed by atoms with Crippen LogP contribution in [0.3, 0.4) is 0 Å². The minimum atomic E-state index is -0.889. The van der Waals surface area contributed by atoms with E-state index in [-0.39, 0.29) is 18.7 Å². The maximum atomic E-state index is 12.3. The molecule has 0 aliphatic rings. The maximum Gasteiger partial charge on any atom is 0.277 e. The molecule has 0 aliphatic carbocycles. The number of nitrogens with zero attached hydrogens (tertiary/aromatic N) is 3. The zero-order valence-corrected chi connectivity index (χ0v) is 13.1. The fourth-order valence-corrected chi connectivity index (χ4v) is 2.26. The second-order valence-corrected chi connectivity index (χ2v) is 5.23. The van der Waals surface area contributed by atoms with Crippen LogP contribution in [0.2, 0.25) is 0 Å². The number of aliphatic hydroxyl groups is 1. The van der Waals surface area contributed by atoms with Crippen LogP contribution in [0.25, 0.3) is 10.9 Å². The van der Waals surface area contributed by atoms with Gasteiger partial charge >= 0.3 is 0 Å². The van der Waals surface area contributed by atoms with Crippen molar-refractivity contribution in [2.45, 2.75) is 12.6 Å². The second-order valence-electron chi connectivity index (χ2n) is 5.23. The summed E-state index contributed by atoms with van der Waals surface area (Å²) in [6.07, 6.45) is -0.889. The Morgan fingerprint density at radius 1 is 1.12 bits per heavy atom. The van der Waals surface area contributed by atoms with Gasteiger partial charge in [0.1, 0.15) is 29.7 Å². The summed E-state index contributed by atoms with van der Waals surface area (Å²) < 4.78 is 11.7. The summed E-state index contributed by atoms with van der Waals surface area (Å²) in [6.45, 7) is 0.0418. The molecule has 0 saturated heterocycles. The first-order valence-corrected chi connectivity index (χ1v) is 7.45. The summed E-state index contributed by atoms with van der Waals surface area (Å²) in [5.41, 5.74) is 0.242. The molecule has 0 amide bonds. The van der Waals surface area contributed by atoms with Crippen molar-refractivity contribution in [2.24, 2.45) is 0 Å². The highest BCUT2D eigenvalue weighted by molar-refractivity contribution is 5.76. The summed E-state index contributed by atoms with van der Waals surface area (Å²) in [5, 5.41) is 18.4. The number of rotatable bonds is 6. The van der Waals surface area contributed by atoms with Crippen LogP contribution in [0, 0.1) is 0 Å². The average Bonchev–Trinajstić information content (AvgIpc) is 2.63. The van der Waals surface area contributed by atoms with E-state index < -0.39 is 6.10 Å². The lowest BCUT2D eigenvalue weighted by molar-refractivity contribution is 0.0873. The van der Waals surface area contributed by atoms with Gasteiger partial charge in [0.2, 0.25) is 0 Å². The fraction of sp³-hybridized carbons (Fsp3) is 0.235. The van der Waals surface area contributed by atoms with E-state index in [4.69, 9.17) is 9.47 Å². The molecule has 0 radical (unpaired) electrons. The molecule has 1 aromatic heterocycles. The molecule has 124 valence electrons. The lowest BCUT2D eigenvalue weighted by atomic mass is 10.2. The third kappa shape index (κ3) is 3.52. The molecule has 0 aliphatic heterocycles. The normalized spacial score (nSPS) is 12.1. The minimum Gasteiger partial charge on any atom is -0.497 e. The Bertz CT molecular complexity index is 877. The highest BCUT2D eigenvalue weighted by Crippen LogP contribution is 2.17. The Morgan fingerprint density at radius 2 is 1.83 bits per heavy atom. The predicted molar refractivity (Wildman–Crippen MR) is 88.3 cm³/mol. The lowest BCUT2D eigenvalue weighted by Crippen LogP contribution is -2.32. The quantitative estimate of drug-likeness (QED) is 0.733. The van der Waals surface area contributed by atoms with Gasteiger partial charge in [-0.3, -0.25) is 4.79 Å². The van der Waals surface area contributed by atoms with Gasteiger partial charge in [0.05, 0.1) is 19.0 Å².